The Morgan fingerprint density at radius 1 is 1.33 bits per heavy atom. The van der Waals surface area contributed by atoms with Crippen molar-refractivity contribution in [2.45, 2.75) is 42.9 Å². The first-order valence-electron chi connectivity index (χ1n) is 4.64. The van der Waals surface area contributed by atoms with Gasteiger partial charge in [0.05, 0.1) is 11.6 Å². The van der Waals surface area contributed by atoms with Gasteiger partial charge in [-0.3, -0.25) is 4.79 Å². The highest BCUT2D eigenvalue weighted by atomic mass is 35.5. The second-order valence-electron chi connectivity index (χ2n) is 4.42. The molecule has 3 aliphatic rings. The third-order valence-electron chi connectivity index (χ3n) is 3.56. The quantitative estimate of drug-likeness (QED) is 0.712. The summed E-state index contributed by atoms with van der Waals surface area (Å²) in [5.41, 5.74) is 11.0. The molecule has 0 amide bonds. The van der Waals surface area contributed by atoms with Crippen molar-refractivity contribution < 1.29 is 9.53 Å². The number of ether oxygens (including phenoxy) is 1. The molecule has 0 heterocycles. The number of methoxy groups -OCH3 is 1. The van der Waals surface area contributed by atoms with E-state index >= 15 is 0 Å². The van der Waals surface area contributed by atoms with Crippen LogP contribution in [-0.2, 0) is 9.53 Å². The lowest BCUT2D eigenvalue weighted by Crippen LogP contribution is -2.71. The fourth-order valence-corrected chi connectivity index (χ4v) is 2.50. The minimum absolute atomic E-state index is 0. The molecule has 3 saturated carbocycles. The number of halogens is 2. The third-order valence-corrected chi connectivity index (χ3v) is 3.56. The summed E-state index contributed by atoms with van der Waals surface area (Å²) in [6, 6.07) is 0. The lowest BCUT2D eigenvalue weighted by molar-refractivity contribution is -0.141. The van der Waals surface area contributed by atoms with Gasteiger partial charge in [0.2, 0.25) is 0 Å². The van der Waals surface area contributed by atoms with E-state index in [1.165, 1.54) is 0 Å². The van der Waals surface area contributed by atoms with Gasteiger partial charge in [0.15, 0.2) is 5.78 Å². The SMILES string of the molecule is CO[C@@H]1C[C@]2(N)CC[C@@]1(N)CC2=O.Cl.Cl. The summed E-state index contributed by atoms with van der Waals surface area (Å²) in [7, 11) is 1.63. The second kappa shape index (κ2) is 4.55. The molecule has 0 aromatic heterocycles. The molecule has 6 heteroatoms. The van der Waals surface area contributed by atoms with E-state index < -0.39 is 11.1 Å². The minimum Gasteiger partial charge on any atom is -0.379 e. The number of carbonyl (C=O) groups excluding carboxylic acids is 1. The normalized spacial score (nSPS) is 43.1. The minimum atomic E-state index is -0.651. The van der Waals surface area contributed by atoms with Gasteiger partial charge in [-0.2, -0.15) is 0 Å². The lowest BCUT2D eigenvalue weighted by atomic mass is 9.60. The summed E-state index contributed by atoms with van der Waals surface area (Å²) in [5.74, 6) is 0.106. The van der Waals surface area contributed by atoms with E-state index in [1.807, 2.05) is 0 Å². The monoisotopic (exact) mass is 256 g/mol. The second-order valence-corrected chi connectivity index (χ2v) is 4.42. The number of carbonyl (C=O) groups is 1. The summed E-state index contributed by atoms with van der Waals surface area (Å²) < 4.78 is 5.28. The maximum atomic E-state index is 11.6. The van der Waals surface area contributed by atoms with Gasteiger partial charge in [-0.05, 0) is 12.8 Å². The number of nitrogens with two attached hydrogens (primary N) is 2. The van der Waals surface area contributed by atoms with E-state index in [0.717, 1.165) is 6.42 Å². The summed E-state index contributed by atoms with van der Waals surface area (Å²) in [4.78, 5) is 11.6. The van der Waals surface area contributed by atoms with Crippen molar-refractivity contribution in [2.75, 3.05) is 7.11 Å². The Labute approximate surface area is 102 Å². The maximum absolute atomic E-state index is 11.6. The molecule has 4 nitrogen and oxygen atoms in total. The van der Waals surface area contributed by atoms with Crippen LogP contribution in [0.3, 0.4) is 0 Å². The number of ketones is 1. The van der Waals surface area contributed by atoms with E-state index in [9.17, 15) is 4.79 Å². The Bertz CT molecular complexity index is 264. The predicted octanol–water partition coefficient (Wildman–Crippen LogP) is 0.397. The van der Waals surface area contributed by atoms with Crippen LogP contribution >= 0.6 is 24.8 Å². The number of hydrogen-bond donors (Lipinski definition) is 2. The van der Waals surface area contributed by atoms with Crippen molar-refractivity contribution in [3.63, 3.8) is 0 Å². The predicted molar refractivity (Wildman–Crippen MR) is 62.6 cm³/mol. The first-order chi connectivity index (χ1) is 6.00. The van der Waals surface area contributed by atoms with Crippen molar-refractivity contribution in [1.29, 1.82) is 0 Å². The van der Waals surface area contributed by atoms with Gasteiger partial charge in [0.1, 0.15) is 0 Å². The Balaban J connectivity index is 0.000000980. The molecule has 3 atom stereocenters. The Morgan fingerprint density at radius 3 is 2.40 bits per heavy atom. The van der Waals surface area contributed by atoms with Crippen LogP contribution in [0.4, 0.5) is 0 Å². The molecule has 3 fully saturated rings. The number of hydrogen-bond acceptors (Lipinski definition) is 4. The van der Waals surface area contributed by atoms with Crippen LogP contribution in [0.2, 0.25) is 0 Å². The van der Waals surface area contributed by atoms with Crippen molar-refractivity contribution >= 4 is 30.6 Å². The van der Waals surface area contributed by atoms with Gasteiger partial charge in [-0.25, -0.2) is 0 Å². The smallest absolute Gasteiger partial charge is 0.154 e. The molecule has 0 aliphatic heterocycles. The molecule has 4 N–H and O–H groups in total. The van der Waals surface area contributed by atoms with Crippen LogP contribution in [0.1, 0.15) is 25.7 Å². The highest BCUT2D eigenvalue weighted by molar-refractivity contribution is 5.91. The first kappa shape index (κ1) is 15.1. The molecule has 0 spiro atoms. The first-order valence-corrected chi connectivity index (χ1v) is 4.64. The highest BCUT2D eigenvalue weighted by Gasteiger charge is 2.56. The number of fused-ring (bicyclic) bond motifs is 3. The zero-order chi connectivity index (χ0) is 9.69. The molecule has 3 rings (SSSR count). The summed E-state index contributed by atoms with van der Waals surface area (Å²) in [6.45, 7) is 0. The molecule has 15 heavy (non-hydrogen) atoms. The van der Waals surface area contributed by atoms with Crippen LogP contribution in [0.5, 0.6) is 0 Å². The van der Waals surface area contributed by atoms with Crippen molar-refractivity contribution in [3.05, 3.63) is 0 Å². The molecule has 0 radical (unpaired) electrons. The van der Waals surface area contributed by atoms with E-state index in [4.69, 9.17) is 16.2 Å². The van der Waals surface area contributed by atoms with Crippen LogP contribution in [0.15, 0.2) is 0 Å². The molecule has 90 valence electrons. The van der Waals surface area contributed by atoms with Crippen LogP contribution in [-0.4, -0.2) is 30.1 Å². The average Bonchev–Trinajstić information content (AvgIpc) is 2.08. The zero-order valence-electron chi connectivity index (χ0n) is 8.69. The molecule has 0 saturated heterocycles. The van der Waals surface area contributed by atoms with E-state index in [0.29, 0.717) is 19.3 Å². The molecule has 0 unspecified atom stereocenters. The summed E-state index contributed by atoms with van der Waals surface area (Å²) >= 11 is 0. The molecule has 0 aromatic rings. The fourth-order valence-electron chi connectivity index (χ4n) is 2.50. The van der Waals surface area contributed by atoms with Gasteiger partial charge in [-0.15, -0.1) is 24.8 Å². The molecular formula is C9H18Cl2N2O2. The molecule has 3 aliphatic carbocycles. The largest absolute Gasteiger partial charge is 0.379 e. The summed E-state index contributed by atoms with van der Waals surface area (Å²) in [5, 5.41) is 0. The fraction of sp³-hybridized carbons (Fsp3) is 0.889. The average molecular weight is 257 g/mol. The van der Waals surface area contributed by atoms with Crippen LogP contribution in [0, 0.1) is 0 Å². The van der Waals surface area contributed by atoms with Crippen molar-refractivity contribution in [3.8, 4) is 0 Å². The Kier molecular flexibility index (Phi) is 4.59. The molecule has 2 bridgehead atoms. The van der Waals surface area contributed by atoms with Gasteiger partial charge in [0, 0.05) is 25.5 Å². The van der Waals surface area contributed by atoms with Gasteiger partial charge < -0.3 is 16.2 Å². The number of rotatable bonds is 1. The standard InChI is InChI=1S/C9H16N2O2.2ClH/c1-13-7-5-8(10)2-3-9(7,11)4-6(8)12;;/h7H,2-5,10-11H2,1H3;2*1H/t7-,8-,9-;;/m1../s1. The van der Waals surface area contributed by atoms with Crippen molar-refractivity contribution in [1.82, 2.24) is 0 Å². The highest BCUT2D eigenvalue weighted by Crippen LogP contribution is 2.43. The zero-order valence-corrected chi connectivity index (χ0v) is 10.3. The Hall–Kier alpha value is 0.130. The maximum Gasteiger partial charge on any atom is 0.154 e. The van der Waals surface area contributed by atoms with E-state index in [2.05, 4.69) is 0 Å². The molecule has 0 aromatic carbocycles. The molecular weight excluding hydrogens is 239 g/mol. The van der Waals surface area contributed by atoms with E-state index in [1.54, 1.807) is 7.11 Å². The van der Waals surface area contributed by atoms with Gasteiger partial charge in [-0.1, -0.05) is 0 Å². The number of Topliss-reactive ketones (excluding diaryl/α,β-unsaturated/α-hetero) is 1. The van der Waals surface area contributed by atoms with Gasteiger partial charge in [0.25, 0.3) is 0 Å². The van der Waals surface area contributed by atoms with Crippen LogP contribution < -0.4 is 11.5 Å². The van der Waals surface area contributed by atoms with Gasteiger partial charge >= 0.3 is 0 Å². The summed E-state index contributed by atoms with van der Waals surface area (Å²) in [6.07, 6.45) is 2.42. The Morgan fingerprint density at radius 2 is 1.93 bits per heavy atom. The topological polar surface area (TPSA) is 78.3 Å². The van der Waals surface area contributed by atoms with Crippen LogP contribution in [0.25, 0.3) is 0 Å². The third kappa shape index (κ3) is 2.15. The lowest BCUT2D eigenvalue weighted by Gasteiger charge is -2.52. The van der Waals surface area contributed by atoms with Crippen molar-refractivity contribution in [2.24, 2.45) is 11.5 Å². The van der Waals surface area contributed by atoms with E-state index in [-0.39, 0.29) is 36.7 Å².